The van der Waals surface area contributed by atoms with E-state index in [4.69, 9.17) is 16.3 Å². The lowest BCUT2D eigenvalue weighted by molar-refractivity contribution is 0.102. The van der Waals surface area contributed by atoms with Gasteiger partial charge in [0.25, 0.3) is 0 Å². The summed E-state index contributed by atoms with van der Waals surface area (Å²) in [6.07, 6.45) is 3.15. The van der Waals surface area contributed by atoms with Crippen LogP contribution in [0.2, 0.25) is 5.02 Å². The second-order valence-corrected chi connectivity index (χ2v) is 4.60. The number of aromatic nitrogens is 4. The summed E-state index contributed by atoms with van der Waals surface area (Å²) in [5, 5.41) is 8.59. The first-order chi connectivity index (χ1) is 9.04. The molecular formula is C12H15ClN4O2. The highest BCUT2D eigenvalue weighted by atomic mass is 35.5. The van der Waals surface area contributed by atoms with Gasteiger partial charge in [-0.2, -0.15) is 10.2 Å². The van der Waals surface area contributed by atoms with E-state index in [1.54, 1.807) is 36.6 Å². The van der Waals surface area contributed by atoms with Crippen LogP contribution in [0.4, 0.5) is 0 Å². The predicted molar refractivity (Wildman–Crippen MR) is 70.5 cm³/mol. The van der Waals surface area contributed by atoms with Crippen molar-refractivity contribution in [3.05, 3.63) is 34.4 Å². The summed E-state index contributed by atoms with van der Waals surface area (Å²) < 4.78 is 8.15. The van der Waals surface area contributed by atoms with Gasteiger partial charge in [-0.25, -0.2) is 0 Å². The summed E-state index contributed by atoms with van der Waals surface area (Å²) in [5.41, 5.74) is 1.57. The van der Waals surface area contributed by atoms with E-state index in [1.807, 2.05) is 0 Å². The second kappa shape index (κ2) is 5.54. The first-order valence-corrected chi connectivity index (χ1v) is 6.17. The van der Waals surface area contributed by atoms with E-state index in [-0.39, 0.29) is 5.78 Å². The zero-order valence-corrected chi connectivity index (χ0v) is 11.8. The molecule has 0 atom stereocenters. The molecule has 6 nitrogen and oxygen atoms in total. The van der Waals surface area contributed by atoms with Gasteiger partial charge in [-0.15, -0.1) is 0 Å². The Morgan fingerprint density at radius 2 is 2.26 bits per heavy atom. The van der Waals surface area contributed by atoms with Crippen molar-refractivity contribution in [1.29, 1.82) is 0 Å². The summed E-state index contributed by atoms with van der Waals surface area (Å²) in [7, 11) is 3.37. The van der Waals surface area contributed by atoms with Crippen LogP contribution in [-0.4, -0.2) is 39.1 Å². The highest BCUT2D eigenvalue weighted by molar-refractivity contribution is 6.34. The van der Waals surface area contributed by atoms with E-state index in [2.05, 4.69) is 10.2 Å². The van der Waals surface area contributed by atoms with Crippen molar-refractivity contribution >= 4 is 17.4 Å². The Morgan fingerprint density at radius 1 is 1.53 bits per heavy atom. The van der Waals surface area contributed by atoms with Crippen LogP contribution in [0.5, 0.6) is 0 Å². The number of nitrogens with zero attached hydrogens (tertiary/aromatic N) is 4. The minimum Gasteiger partial charge on any atom is -0.383 e. The van der Waals surface area contributed by atoms with Gasteiger partial charge in [-0.1, -0.05) is 11.6 Å². The fourth-order valence-corrected chi connectivity index (χ4v) is 2.11. The Bertz CT molecular complexity index is 603. The monoisotopic (exact) mass is 282 g/mol. The van der Waals surface area contributed by atoms with E-state index in [0.717, 1.165) is 0 Å². The highest BCUT2D eigenvalue weighted by Gasteiger charge is 2.22. The van der Waals surface area contributed by atoms with E-state index in [0.29, 0.717) is 35.1 Å². The maximum atomic E-state index is 12.5. The maximum absolute atomic E-state index is 12.5. The summed E-state index contributed by atoms with van der Waals surface area (Å²) in [4.78, 5) is 12.5. The lowest BCUT2D eigenvalue weighted by atomic mass is 10.1. The number of ketones is 1. The average Bonchev–Trinajstić information content (AvgIpc) is 2.89. The quantitative estimate of drug-likeness (QED) is 0.779. The Hall–Kier alpha value is -1.66. The maximum Gasteiger partial charge on any atom is 0.215 e. The second-order valence-electron chi connectivity index (χ2n) is 4.19. The number of rotatable bonds is 5. The number of hydrogen-bond acceptors (Lipinski definition) is 4. The molecule has 0 fully saturated rings. The van der Waals surface area contributed by atoms with Gasteiger partial charge in [-0.3, -0.25) is 14.2 Å². The van der Waals surface area contributed by atoms with Gasteiger partial charge in [0.2, 0.25) is 5.78 Å². The van der Waals surface area contributed by atoms with Crippen molar-refractivity contribution in [3.63, 3.8) is 0 Å². The molecule has 0 saturated heterocycles. The summed E-state index contributed by atoms with van der Waals surface area (Å²) in [6.45, 7) is 2.73. The molecule has 0 saturated carbocycles. The molecule has 0 bridgehead atoms. The summed E-state index contributed by atoms with van der Waals surface area (Å²) in [5.74, 6) is -0.177. The molecule has 2 aromatic rings. The standard InChI is InChI=1S/C12H15ClN4O2/c1-8-9(7-16(2)15-8)12(18)11-10(13)6-14-17(11)4-5-19-3/h6-7H,4-5H2,1-3H3. The topological polar surface area (TPSA) is 61.9 Å². The van der Waals surface area contributed by atoms with E-state index < -0.39 is 0 Å². The lowest BCUT2D eigenvalue weighted by Crippen LogP contribution is -2.15. The predicted octanol–water partition coefficient (Wildman–Crippen LogP) is 1.46. The zero-order chi connectivity index (χ0) is 14.0. The van der Waals surface area contributed by atoms with Crippen LogP contribution in [0.25, 0.3) is 0 Å². The van der Waals surface area contributed by atoms with Gasteiger partial charge in [0.05, 0.1) is 35.6 Å². The normalized spacial score (nSPS) is 10.9. The van der Waals surface area contributed by atoms with Gasteiger partial charge in [0.1, 0.15) is 5.69 Å². The third kappa shape index (κ3) is 2.69. The molecule has 0 amide bonds. The molecule has 0 radical (unpaired) electrons. The summed E-state index contributed by atoms with van der Waals surface area (Å²) in [6, 6.07) is 0. The molecule has 102 valence electrons. The molecule has 0 N–H and O–H groups in total. The lowest BCUT2D eigenvalue weighted by Gasteiger charge is -2.06. The largest absolute Gasteiger partial charge is 0.383 e. The molecular weight excluding hydrogens is 268 g/mol. The van der Waals surface area contributed by atoms with E-state index >= 15 is 0 Å². The van der Waals surface area contributed by atoms with Crippen LogP contribution in [0, 0.1) is 6.92 Å². The first-order valence-electron chi connectivity index (χ1n) is 5.79. The average molecular weight is 283 g/mol. The number of aryl methyl sites for hydroxylation is 2. The van der Waals surface area contributed by atoms with Gasteiger partial charge >= 0.3 is 0 Å². The Balaban J connectivity index is 2.38. The molecule has 0 aromatic carbocycles. The van der Waals surface area contributed by atoms with Gasteiger partial charge in [-0.05, 0) is 6.92 Å². The molecule has 7 heteroatoms. The summed E-state index contributed by atoms with van der Waals surface area (Å²) >= 11 is 6.06. The van der Waals surface area contributed by atoms with Crippen molar-refractivity contribution in [2.75, 3.05) is 13.7 Å². The zero-order valence-electron chi connectivity index (χ0n) is 11.1. The van der Waals surface area contributed by atoms with Crippen LogP contribution >= 0.6 is 11.6 Å². The minimum atomic E-state index is -0.177. The highest BCUT2D eigenvalue weighted by Crippen LogP contribution is 2.20. The van der Waals surface area contributed by atoms with Crippen molar-refractivity contribution in [2.45, 2.75) is 13.5 Å². The van der Waals surface area contributed by atoms with Crippen molar-refractivity contribution < 1.29 is 9.53 Å². The molecule has 19 heavy (non-hydrogen) atoms. The molecule has 0 aliphatic carbocycles. The Kier molecular flexibility index (Phi) is 4.01. The first kappa shape index (κ1) is 13.8. The Labute approximate surface area is 115 Å². The fourth-order valence-electron chi connectivity index (χ4n) is 1.89. The van der Waals surface area contributed by atoms with Crippen LogP contribution < -0.4 is 0 Å². The number of ether oxygens (including phenoxy) is 1. The van der Waals surface area contributed by atoms with Crippen LogP contribution in [0.15, 0.2) is 12.4 Å². The van der Waals surface area contributed by atoms with Crippen LogP contribution in [0.3, 0.4) is 0 Å². The smallest absolute Gasteiger partial charge is 0.215 e. The third-order valence-corrected chi connectivity index (χ3v) is 3.05. The van der Waals surface area contributed by atoms with Crippen LogP contribution in [-0.2, 0) is 18.3 Å². The Morgan fingerprint density at radius 3 is 2.84 bits per heavy atom. The molecule has 0 unspecified atom stereocenters. The minimum absolute atomic E-state index is 0.177. The van der Waals surface area contributed by atoms with Gasteiger partial charge in [0.15, 0.2) is 0 Å². The van der Waals surface area contributed by atoms with Gasteiger partial charge < -0.3 is 4.74 Å². The van der Waals surface area contributed by atoms with E-state index in [1.165, 1.54) is 6.20 Å². The SMILES string of the molecule is COCCn1ncc(Cl)c1C(=O)c1cn(C)nc1C. The number of hydrogen-bond donors (Lipinski definition) is 0. The molecule has 0 aliphatic heterocycles. The van der Waals surface area contributed by atoms with Crippen molar-refractivity contribution in [1.82, 2.24) is 19.6 Å². The fraction of sp³-hybridized carbons (Fsp3) is 0.417. The molecule has 2 aromatic heterocycles. The third-order valence-electron chi connectivity index (χ3n) is 2.78. The van der Waals surface area contributed by atoms with Gasteiger partial charge in [0, 0.05) is 20.4 Å². The van der Waals surface area contributed by atoms with Crippen molar-refractivity contribution in [3.8, 4) is 0 Å². The van der Waals surface area contributed by atoms with E-state index in [9.17, 15) is 4.79 Å². The molecule has 2 rings (SSSR count). The molecule has 0 spiro atoms. The van der Waals surface area contributed by atoms with Crippen LogP contribution in [0.1, 0.15) is 21.7 Å². The number of carbonyl (C=O) groups is 1. The molecule has 0 aliphatic rings. The number of halogens is 1. The molecule has 2 heterocycles. The number of methoxy groups -OCH3 is 1. The van der Waals surface area contributed by atoms with Crippen molar-refractivity contribution in [2.24, 2.45) is 7.05 Å². The number of carbonyl (C=O) groups excluding carboxylic acids is 1.